The number of ether oxygens (including phenoxy) is 1. The van der Waals surface area contributed by atoms with Crippen molar-refractivity contribution in [2.75, 3.05) is 6.61 Å². The van der Waals surface area contributed by atoms with E-state index in [1.165, 1.54) is 70.6 Å². The standard InChI is InChI=1S/C21H39O3.Na.H/c1-3-4-5-6-7-8-9-10-11-12-13-14-15-16-17-18-21(23)24-19-20(2)22;;/h10-11,20,22H,2-9,12-19H2,1H3;;/b11-10-;;. The molecule has 0 aromatic carbocycles. The fourth-order valence-corrected chi connectivity index (χ4v) is 2.60. The molecular formula is C21H40NaO3. The van der Waals surface area contributed by atoms with Crippen molar-refractivity contribution in [2.45, 2.75) is 103 Å². The molecule has 143 valence electrons. The molecule has 3 nitrogen and oxygen atoms in total. The van der Waals surface area contributed by atoms with Crippen LogP contribution in [-0.2, 0) is 9.53 Å². The molecule has 0 bridgehead atoms. The molecule has 0 rings (SSSR count). The minimum absolute atomic E-state index is 0. The number of esters is 1. The third kappa shape index (κ3) is 24.2. The zero-order valence-corrected chi connectivity index (χ0v) is 15.8. The summed E-state index contributed by atoms with van der Waals surface area (Å²) in [5, 5.41) is 8.91. The molecule has 0 aliphatic rings. The average Bonchev–Trinajstić information content (AvgIpc) is 2.56. The van der Waals surface area contributed by atoms with Crippen molar-refractivity contribution in [1.82, 2.24) is 0 Å². The number of carbonyl (C=O) groups excluding carboxylic acids is 1. The van der Waals surface area contributed by atoms with Gasteiger partial charge in [0.15, 0.2) is 0 Å². The van der Waals surface area contributed by atoms with Gasteiger partial charge in [0.05, 0.1) is 6.10 Å². The van der Waals surface area contributed by atoms with Gasteiger partial charge in [-0.15, -0.1) is 0 Å². The van der Waals surface area contributed by atoms with Crippen LogP contribution in [0.2, 0.25) is 0 Å². The van der Waals surface area contributed by atoms with Crippen molar-refractivity contribution in [3.8, 4) is 0 Å². The molecule has 0 aromatic rings. The summed E-state index contributed by atoms with van der Waals surface area (Å²) in [5.74, 6) is -0.227. The molecule has 25 heavy (non-hydrogen) atoms. The molecule has 0 saturated heterocycles. The summed E-state index contributed by atoms with van der Waals surface area (Å²) in [5.41, 5.74) is 0. The van der Waals surface area contributed by atoms with E-state index in [-0.39, 0.29) is 42.1 Å². The number of hydrogen-bond acceptors (Lipinski definition) is 3. The fraction of sp³-hybridized carbons (Fsp3) is 0.810. The maximum absolute atomic E-state index is 11.3. The van der Waals surface area contributed by atoms with Crippen molar-refractivity contribution < 1.29 is 14.6 Å². The summed E-state index contributed by atoms with van der Waals surface area (Å²) in [6.07, 6.45) is 20.5. The molecule has 0 saturated carbocycles. The Balaban J connectivity index is 0. The number of aliphatic hydroxyl groups is 1. The van der Waals surface area contributed by atoms with Crippen LogP contribution in [0.3, 0.4) is 0 Å². The van der Waals surface area contributed by atoms with Crippen LogP contribution in [0.4, 0.5) is 0 Å². The van der Waals surface area contributed by atoms with Gasteiger partial charge in [0.1, 0.15) is 6.61 Å². The molecule has 1 N–H and O–H groups in total. The number of rotatable bonds is 17. The molecule has 0 fully saturated rings. The maximum atomic E-state index is 11.3. The van der Waals surface area contributed by atoms with E-state index in [9.17, 15) is 4.79 Å². The van der Waals surface area contributed by atoms with Crippen molar-refractivity contribution in [2.24, 2.45) is 0 Å². The molecule has 0 aromatic heterocycles. The molecular weight excluding hydrogens is 323 g/mol. The number of aliphatic hydroxyl groups excluding tert-OH is 1. The zero-order chi connectivity index (χ0) is 17.9. The van der Waals surface area contributed by atoms with Gasteiger partial charge in [0.2, 0.25) is 0 Å². The van der Waals surface area contributed by atoms with E-state index in [1.54, 1.807) is 0 Å². The molecule has 4 heteroatoms. The van der Waals surface area contributed by atoms with E-state index >= 15 is 0 Å². The van der Waals surface area contributed by atoms with Gasteiger partial charge < -0.3 is 9.84 Å². The summed E-state index contributed by atoms with van der Waals surface area (Å²) in [7, 11) is 0. The van der Waals surface area contributed by atoms with Crippen molar-refractivity contribution in [3.63, 3.8) is 0 Å². The molecule has 0 aliphatic heterocycles. The van der Waals surface area contributed by atoms with Gasteiger partial charge in [-0.1, -0.05) is 70.4 Å². The molecule has 1 radical (unpaired) electrons. The number of unbranched alkanes of at least 4 members (excludes halogenated alkanes) is 11. The molecule has 0 spiro atoms. The van der Waals surface area contributed by atoms with Crippen molar-refractivity contribution in [1.29, 1.82) is 0 Å². The number of carbonyl (C=O) groups is 1. The summed E-state index contributed by atoms with van der Waals surface area (Å²) in [6.45, 7) is 5.62. The SMILES string of the molecule is [CH2]C(O)COC(=O)CCCCCCC/C=C\CCCCCCCC.[NaH]. The van der Waals surface area contributed by atoms with Gasteiger partial charge in [0, 0.05) is 6.42 Å². The van der Waals surface area contributed by atoms with Crippen LogP contribution in [0.25, 0.3) is 0 Å². The first-order chi connectivity index (χ1) is 11.7. The van der Waals surface area contributed by atoms with E-state index in [2.05, 4.69) is 26.0 Å². The normalized spacial score (nSPS) is 12.1. The predicted molar refractivity (Wildman–Crippen MR) is 109 cm³/mol. The first-order valence-corrected chi connectivity index (χ1v) is 9.98. The zero-order valence-electron chi connectivity index (χ0n) is 15.8. The quantitative estimate of drug-likeness (QED) is 0.169. The number of hydrogen-bond donors (Lipinski definition) is 1. The van der Waals surface area contributed by atoms with Gasteiger partial charge in [0.25, 0.3) is 0 Å². The Morgan fingerprint density at radius 3 is 1.92 bits per heavy atom. The summed E-state index contributed by atoms with van der Waals surface area (Å²) >= 11 is 0. The monoisotopic (exact) mass is 363 g/mol. The Hall–Kier alpha value is 0.170. The Bertz CT molecular complexity index is 304. The second-order valence-corrected chi connectivity index (χ2v) is 6.67. The summed E-state index contributed by atoms with van der Waals surface area (Å²) < 4.78 is 4.86. The second kappa shape index (κ2) is 22.2. The van der Waals surface area contributed by atoms with Crippen LogP contribution < -0.4 is 0 Å². The van der Waals surface area contributed by atoms with Crippen LogP contribution in [0.15, 0.2) is 12.2 Å². The minimum atomic E-state index is -0.817. The molecule has 1 unspecified atom stereocenters. The van der Waals surface area contributed by atoms with Gasteiger partial charge >= 0.3 is 35.5 Å². The summed E-state index contributed by atoms with van der Waals surface area (Å²) in [6, 6.07) is 0. The van der Waals surface area contributed by atoms with Crippen LogP contribution >= 0.6 is 0 Å². The van der Waals surface area contributed by atoms with Gasteiger partial charge in [-0.25, -0.2) is 0 Å². The molecule has 0 amide bonds. The molecule has 0 aliphatic carbocycles. The van der Waals surface area contributed by atoms with Gasteiger partial charge in [-0.3, -0.25) is 4.79 Å². The number of allylic oxidation sites excluding steroid dienone is 2. The third-order valence-electron chi connectivity index (χ3n) is 4.08. The third-order valence-corrected chi connectivity index (χ3v) is 4.08. The van der Waals surface area contributed by atoms with Crippen molar-refractivity contribution >= 4 is 35.5 Å². The van der Waals surface area contributed by atoms with E-state index < -0.39 is 6.10 Å². The molecule has 1 atom stereocenters. The summed E-state index contributed by atoms with van der Waals surface area (Å²) in [4.78, 5) is 11.3. The van der Waals surface area contributed by atoms with Crippen molar-refractivity contribution in [3.05, 3.63) is 19.1 Å². The Labute approximate surface area is 178 Å². The van der Waals surface area contributed by atoms with Gasteiger partial charge in [-0.2, -0.15) is 0 Å². The first kappa shape index (κ1) is 27.4. The van der Waals surface area contributed by atoms with Crippen LogP contribution in [0, 0.1) is 6.92 Å². The van der Waals surface area contributed by atoms with Gasteiger partial charge in [-0.05, 0) is 39.0 Å². The fourth-order valence-electron chi connectivity index (χ4n) is 2.60. The predicted octanol–water partition coefficient (Wildman–Crippen LogP) is 5.11. The Kier molecular flexibility index (Phi) is 24.3. The topological polar surface area (TPSA) is 46.5 Å². The second-order valence-electron chi connectivity index (χ2n) is 6.67. The van der Waals surface area contributed by atoms with Crippen LogP contribution in [-0.4, -0.2) is 53.3 Å². The average molecular weight is 364 g/mol. The first-order valence-electron chi connectivity index (χ1n) is 9.98. The van der Waals surface area contributed by atoms with Crippen LogP contribution in [0.1, 0.15) is 96.8 Å². The van der Waals surface area contributed by atoms with E-state index in [4.69, 9.17) is 9.84 Å². The Morgan fingerprint density at radius 2 is 1.40 bits per heavy atom. The Morgan fingerprint density at radius 1 is 0.920 bits per heavy atom. The molecule has 0 heterocycles. The van der Waals surface area contributed by atoms with E-state index in [1.807, 2.05) is 0 Å². The van der Waals surface area contributed by atoms with E-state index in [0.717, 1.165) is 12.8 Å². The van der Waals surface area contributed by atoms with E-state index in [0.29, 0.717) is 6.42 Å². The van der Waals surface area contributed by atoms with Crippen LogP contribution in [0.5, 0.6) is 0 Å².